The van der Waals surface area contributed by atoms with Crippen molar-refractivity contribution < 1.29 is 22.7 Å². The Bertz CT molecular complexity index is 1390. The maximum Gasteiger partial charge on any atom is 0.329 e. The van der Waals surface area contributed by atoms with Crippen LogP contribution in [0.2, 0.25) is 0 Å². The van der Waals surface area contributed by atoms with Crippen LogP contribution in [0.1, 0.15) is 61.1 Å². The van der Waals surface area contributed by atoms with Crippen molar-refractivity contribution in [2.75, 3.05) is 12.8 Å². The van der Waals surface area contributed by atoms with Crippen LogP contribution >= 0.6 is 0 Å². The van der Waals surface area contributed by atoms with E-state index in [1.54, 1.807) is 33.0 Å². The predicted octanol–water partition coefficient (Wildman–Crippen LogP) is 3.26. The number of carbonyl (C=O) groups excluding carboxylic acids is 2. The summed E-state index contributed by atoms with van der Waals surface area (Å²) in [6.07, 6.45) is 3.05. The van der Waals surface area contributed by atoms with Crippen molar-refractivity contribution in [2.24, 2.45) is 0 Å². The average molecular weight is 554 g/mol. The van der Waals surface area contributed by atoms with E-state index in [1.807, 2.05) is 60.7 Å². The van der Waals surface area contributed by atoms with E-state index < -0.39 is 45.1 Å². The van der Waals surface area contributed by atoms with Crippen molar-refractivity contribution >= 4 is 21.9 Å². The van der Waals surface area contributed by atoms with Crippen LogP contribution in [0.25, 0.3) is 0 Å². The lowest BCUT2D eigenvalue weighted by molar-refractivity contribution is -0.157. The van der Waals surface area contributed by atoms with Gasteiger partial charge >= 0.3 is 5.97 Å². The van der Waals surface area contributed by atoms with Crippen molar-refractivity contribution in [2.45, 2.75) is 51.3 Å². The van der Waals surface area contributed by atoms with Crippen LogP contribution in [-0.2, 0) is 19.6 Å². The summed E-state index contributed by atoms with van der Waals surface area (Å²) in [7, 11) is -3.40. The minimum absolute atomic E-state index is 0.0853. The van der Waals surface area contributed by atoms with E-state index in [1.165, 1.54) is 10.6 Å². The number of nitrogens with one attached hydrogen (secondary N) is 2. The molecule has 2 N–H and O–H groups in total. The fraction of sp³-hybridized carbons (Fsp3) is 0.345. The highest BCUT2D eigenvalue weighted by Crippen LogP contribution is 2.25. The van der Waals surface area contributed by atoms with Gasteiger partial charge in [-0.1, -0.05) is 60.7 Å². The molecule has 0 aliphatic rings. The molecule has 1 amide bonds. The molecule has 0 aliphatic heterocycles. The van der Waals surface area contributed by atoms with E-state index >= 15 is 0 Å². The summed E-state index contributed by atoms with van der Waals surface area (Å²) in [5.74, 6) is -1.39. The van der Waals surface area contributed by atoms with E-state index in [0.717, 1.165) is 17.4 Å². The van der Waals surface area contributed by atoms with Gasteiger partial charge in [0.1, 0.15) is 17.2 Å². The highest BCUT2D eigenvalue weighted by Gasteiger charge is 2.28. The lowest BCUT2D eigenvalue weighted by Gasteiger charge is -2.25. The van der Waals surface area contributed by atoms with Crippen molar-refractivity contribution in [3.05, 3.63) is 106 Å². The molecule has 3 rings (SSSR count). The SMILES string of the molecule is CC(C)(C)OC(=O)[C@H](CCCNS(C)(=O)=O)NC(=O)c1cccn(C(c2ccccc2)c2ccccc2)c1=O. The first kappa shape index (κ1) is 29.8. The number of rotatable bonds is 11. The summed E-state index contributed by atoms with van der Waals surface area (Å²) in [4.78, 5) is 39.9. The Morgan fingerprint density at radius 2 is 1.49 bits per heavy atom. The molecule has 10 heteroatoms. The molecule has 0 saturated carbocycles. The molecule has 1 heterocycles. The average Bonchev–Trinajstić information content (AvgIpc) is 2.86. The first-order valence-corrected chi connectivity index (χ1v) is 14.5. The number of hydrogen-bond donors (Lipinski definition) is 2. The molecule has 0 aliphatic carbocycles. The first-order chi connectivity index (χ1) is 18.4. The number of benzene rings is 2. The summed E-state index contributed by atoms with van der Waals surface area (Å²) in [5.41, 5.74) is 0.289. The third kappa shape index (κ3) is 8.90. The Hall–Kier alpha value is -3.76. The fourth-order valence-electron chi connectivity index (χ4n) is 4.09. The highest BCUT2D eigenvalue weighted by molar-refractivity contribution is 7.88. The molecular formula is C29H35N3O6S. The van der Waals surface area contributed by atoms with Crippen LogP contribution in [-0.4, -0.2) is 49.3 Å². The largest absolute Gasteiger partial charge is 0.458 e. The zero-order valence-corrected chi connectivity index (χ0v) is 23.4. The van der Waals surface area contributed by atoms with Crippen molar-refractivity contribution in [1.29, 1.82) is 0 Å². The number of esters is 1. The summed E-state index contributed by atoms with van der Waals surface area (Å²) < 4.78 is 32.1. The Labute approximate surface area is 229 Å². The fourth-order valence-corrected chi connectivity index (χ4v) is 4.61. The van der Waals surface area contributed by atoms with E-state index in [4.69, 9.17) is 4.74 Å². The van der Waals surface area contributed by atoms with Crippen LogP contribution in [0.5, 0.6) is 0 Å². The lowest BCUT2D eigenvalue weighted by atomic mass is 9.98. The van der Waals surface area contributed by atoms with Gasteiger partial charge in [0.05, 0.1) is 12.3 Å². The third-order valence-corrected chi connectivity index (χ3v) is 6.49. The van der Waals surface area contributed by atoms with Gasteiger partial charge in [-0.3, -0.25) is 9.59 Å². The molecule has 1 atom stereocenters. The van der Waals surface area contributed by atoms with Crippen LogP contribution in [0, 0.1) is 0 Å². The van der Waals surface area contributed by atoms with Gasteiger partial charge in [0, 0.05) is 12.7 Å². The molecule has 39 heavy (non-hydrogen) atoms. The van der Waals surface area contributed by atoms with Gasteiger partial charge in [-0.05, 0) is 56.9 Å². The van der Waals surface area contributed by atoms with Crippen LogP contribution in [0.3, 0.4) is 0 Å². The number of sulfonamides is 1. The topological polar surface area (TPSA) is 124 Å². The Kier molecular flexibility index (Phi) is 9.82. The van der Waals surface area contributed by atoms with Crippen molar-refractivity contribution in [1.82, 2.24) is 14.6 Å². The monoisotopic (exact) mass is 553 g/mol. The molecule has 208 valence electrons. The van der Waals surface area contributed by atoms with Crippen LogP contribution < -0.4 is 15.6 Å². The Morgan fingerprint density at radius 1 is 0.923 bits per heavy atom. The summed E-state index contributed by atoms with van der Waals surface area (Å²) in [5, 5.41) is 2.64. The number of ether oxygens (including phenoxy) is 1. The van der Waals surface area contributed by atoms with E-state index in [2.05, 4.69) is 10.0 Å². The molecule has 0 fully saturated rings. The maximum absolute atomic E-state index is 13.7. The number of aromatic nitrogens is 1. The molecule has 0 saturated heterocycles. The molecular weight excluding hydrogens is 518 g/mol. The van der Waals surface area contributed by atoms with Gasteiger partial charge < -0.3 is 14.6 Å². The maximum atomic E-state index is 13.7. The van der Waals surface area contributed by atoms with E-state index in [0.29, 0.717) is 0 Å². The molecule has 0 unspecified atom stereocenters. The molecule has 2 aromatic carbocycles. The molecule has 0 bridgehead atoms. The number of carbonyl (C=O) groups is 2. The molecule has 3 aromatic rings. The Morgan fingerprint density at radius 3 is 2.00 bits per heavy atom. The molecule has 0 radical (unpaired) electrons. The van der Waals surface area contributed by atoms with Gasteiger partial charge in [-0.15, -0.1) is 0 Å². The smallest absolute Gasteiger partial charge is 0.329 e. The second kappa shape index (κ2) is 12.9. The van der Waals surface area contributed by atoms with Crippen LogP contribution in [0.15, 0.2) is 83.8 Å². The number of amides is 1. The minimum atomic E-state index is -3.40. The van der Waals surface area contributed by atoms with Gasteiger partial charge in [0.2, 0.25) is 10.0 Å². The van der Waals surface area contributed by atoms with Gasteiger partial charge in [-0.2, -0.15) is 0 Å². The second-order valence-corrected chi connectivity index (χ2v) is 12.1. The van der Waals surface area contributed by atoms with Gasteiger partial charge in [0.25, 0.3) is 11.5 Å². The van der Waals surface area contributed by atoms with Crippen molar-refractivity contribution in [3.63, 3.8) is 0 Å². The van der Waals surface area contributed by atoms with Crippen molar-refractivity contribution in [3.8, 4) is 0 Å². The number of hydrogen-bond acceptors (Lipinski definition) is 6. The lowest BCUT2D eigenvalue weighted by Crippen LogP contribution is -2.46. The van der Waals surface area contributed by atoms with E-state index in [-0.39, 0.29) is 24.9 Å². The first-order valence-electron chi connectivity index (χ1n) is 12.6. The second-order valence-electron chi connectivity index (χ2n) is 10.2. The highest BCUT2D eigenvalue weighted by atomic mass is 32.2. The number of nitrogens with zero attached hydrogens (tertiary/aromatic N) is 1. The molecule has 9 nitrogen and oxygen atoms in total. The normalized spacial score (nSPS) is 12.6. The predicted molar refractivity (Wildman–Crippen MR) is 150 cm³/mol. The zero-order chi connectivity index (χ0) is 28.6. The van der Waals surface area contributed by atoms with Gasteiger partial charge in [-0.25, -0.2) is 17.9 Å². The summed E-state index contributed by atoms with van der Waals surface area (Å²) in [6, 6.07) is 20.5. The minimum Gasteiger partial charge on any atom is -0.458 e. The van der Waals surface area contributed by atoms with E-state index in [9.17, 15) is 22.8 Å². The third-order valence-electron chi connectivity index (χ3n) is 5.76. The summed E-state index contributed by atoms with van der Waals surface area (Å²) in [6.45, 7) is 5.20. The summed E-state index contributed by atoms with van der Waals surface area (Å²) >= 11 is 0. The molecule has 0 spiro atoms. The zero-order valence-electron chi connectivity index (χ0n) is 22.6. The van der Waals surface area contributed by atoms with Crippen LogP contribution in [0.4, 0.5) is 0 Å². The standard InChI is InChI=1S/C29H35N3O6S/c1-29(2,3)38-28(35)24(18-11-19-30-39(4,36)37)31-26(33)23-17-12-20-32(27(23)34)25(21-13-7-5-8-14-21)22-15-9-6-10-16-22/h5-10,12-17,20,24-25,30H,11,18-19H2,1-4H3,(H,31,33)/t24-/m0/s1. The number of pyridine rings is 1. The van der Waals surface area contributed by atoms with Gasteiger partial charge in [0.15, 0.2) is 0 Å². The Balaban J connectivity index is 1.91. The quantitative estimate of drug-likeness (QED) is 0.278. The molecule has 1 aromatic heterocycles.